The van der Waals surface area contributed by atoms with E-state index in [0.717, 1.165) is 0 Å². The summed E-state index contributed by atoms with van der Waals surface area (Å²) in [5.41, 5.74) is 0. The molecule has 88 valence electrons. The number of carbonyl (C=O) groups is 2. The summed E-state index contributed by atoms with van der Waals surface area (Å²) in [4.78, 5) is 22.4. The van der Waals surface area contributed by atoms with Crippen LogP contribution in [-0.4, -0.2) is 34.7 Å². The standard InChI is InChI=1S/C9H13N3O4/c1-5(13)4-10-8(14)9(15)11-7-3-6(2)16-12-7/h3,5,13H,4H2,1-2H3,(H,10,14)(H,11,12,15)/t5-/m0/s1. The molecule has 1 aromatic heterocycles. The Morgan fingerprint density at radius 1 is 1.56 bits per heavy atom. The van der Waals surface area contributed by atoms with E-state index in [1.165, 1.54) is 13.0 Å². The van der Waals surface area contributed by atoms with E-state index in [4.69, 9.17) is 9.63 Å². The SMILES string of the molecule is Cc1cc(NC(=O)C(=O)NC[C@H](C)O)no1. The van der Waals surface area contributed by atoms with E-state index in [1.807, 2.05) is 0 Å². The third-order valence-electron chi connectivity index (χ3n) is 1.63. The van der Waals surface area contributed by atoms with Gasteiger partial charge in [0, 0.05) is 12.6 Å². The molecule has 0 aromatic carbocycles. The molecule has 1 heterocycles. The molecule has 0 unspecified atom stereocenters. The molecule has 1 aromatic rings. The summed E-state index contributed by atoms with van der Waals surface area (Å²) in [7, 11) is 0. The molecule has 0 radical (unpaired) electrons. The van der Waals surface area contributed by atoms with Crippen molar-refractivity contribution in [3.8, 4) is 0 Å². The van der Waals surface area contributed by atoms with Crippen molar-refractivity contribution in [2.75, 3.05) is 11.9 Å². The minimum atomic E-state index is -0.853. The van der Waals surface area contributed by atoms with E-state index in [-0.39, 0.29) is 12.4 Å². The molecular weight excluding hydrogens is 214 g/mol. The van der Waals surface area contributed by atoms with Gasteiger partial charge in [-0.05, 0) is 13.8 Å². The highest BCUT2D eigenvalue weighted by Gasteiger charge is 2.15. The van der Waals surface area contributed by atoms with Crippen molar-refractivity contribution >= 4 is 17.6 Å². The van der Waals surface area contributed by atoms with Gasteiger partial charge in [0.15, 0.2) is 5.82 Å². The van der Waals surface area contributed by atoms with Gasteiger partial charge in [0.1, 0.15) is 5.76 Å². The summed E-state index contributed by atoms with van der Waals surface area (Å²) < 4.78 is 4.71. The molecule has 0 saturated heterocycles. The first-order valence-electron chi connectivity index (χ1n) is 4.69. The molecule has 0 saturated carbocycles. The van der Waals surface area contributed by atoms with E-state index in [1.54, 1.807) is 6.92 Å². The molecule has 0 bridgehead atoms. The number of aryl methyl sites for hydroxylation is 1. The Bertz CT molecular complexity index is 386. The maximum Gasteiger partial charge on any atom is 0.314 e. The Balaban J connectivity index is 2.43. The molecule has 0 fully saturated rings. The van der Waals surface area contributed by atoms with Crippen LogP contribution in [-0.2, 0) is 9.59 Å². The lowest BCUT2D eigenvalue weighted by atomic mass is 10.4. The molecule has 7 heteroatoms. The molecular formula is C9H13N3O4. The average Bonchev–Trinajstić information content (AvgIpc) is 2.60. The van der Waals surface area contributed by atoms with Gasteiger partial charge in [-0.3, -0.25) is 14.9 Å². The summed E-state index contributed by atoms with van der Waals surface area (Å²) in [6.07, 6.45) is -0.703. The summed E-state index contributed by atoms with van der Waals surface area (Å²) in [6, 6.07) is 1.49. The lowest BCUT2D eigenvalue weighted by Crippen LogP contribution is -2.38. The number of carbonyl (C=O) groups excluding carboxylic acids is 2. The van der Waals surface area contributed by atoms with Gasteiger partial charge in [0.2, 0.25) is 0 Å². The fourth-order valence-corrected chi connectivity index (χ4v) is 0.919. The van der Waals surface area contributed by atoms with Gasteiger partial charge < -0.3 is 14.9 Å². The minimum absolute atomic E-state index is 0.0180. The van der Waals surface area contributed by atoms with Gasteiger partial charge in [-0.15, -0.1) is 0 Å². The van der Waals surface area contributed by atoms with Crippen LogP contribution in [0.1, 0.15) is 12.7 Å². The van der Waals surface area contributed by atoms with E-state index >= 15 is 0 Å². The molecule has 3 N–H and O–H groups in total. The van der Waals surface area contributed by atoms with Crippen molar-refractivity contribution in [1.82, 2.24) is 10.5 Å². The molecule has 1 atom stereocenters. The lowest BCUT2D eigenvalue weighted by molar-refractivity contribution is -0.136. The maximum absolute atomic E-state index is 11.2. The molecule has 0 aliphatic carbocycles. The highest BCUT2D eigenvalue weighted by Crippen LogP contribution is 2.06. The second-order valence-electron chi connectivity index (χ2n) is 3.34. The van der Waals surface area contributed by atoms with Gasteiger partial charge in [-0.25, -0.2) is 0 Å². The average molecular weight is 227 g/mol. The predicted molar refractivity (Wildman–Crippen MR) is 54.6 cm³/mol. The van der Waals surface area contributed by atoms with E-state index in [0.29, 0.717) is 5.76 Å². The van der Waals surface area contributed by atoms with Gasteiger partial charge in [-0.2, -0.15) is 0 Å². The molecule has 2 amide bonds. The van der Waals surface area contributed by atoms with Crippen LogP contribution in [0.3, 0.4) is 0 Å². The van der Waals surface area contributed by atoms with E-state index < -0.39 is 17.9 Å². The van der Waals surface area contributed by atoms with Crippen molar-refractivity contribution in [3.63, 3.8) is 0 Å². The fourth-order valence-electron chi connectivity index (χ4n) is 0.919. The zero-order valence-electron chi connectivity index (χ0n) is 8.98. The minimum Gasteiger partial charge on any atom is -0.392 e. The number of anilines is 1. The second-order valence-corrected chi connectivity index (χ2v) is 3.34. The molecule has 16 heavy (non-hydrogen) atoms. The van der Waals surface area contributed by atoms with Gasteiger partial charge >= 0.3 is 11.8 Å². The Labute approximate surface area is 91.8 Å². The number of aliphatic hydroxyl groups excluding tert-OH is 1. The largest absolute Gasteiger partial charge is 0.392 e. The Hall–Kier alpha value is -1.89. The quantitative estimate of drug-likeness (QED) is 0.599. The number of aromatic nitrogens is 1. The maximum atomic E-state index is 11.2. The number of rotatable bonds is 3. The molecule has 0 aliphatic rings. The van der Waals surface area contributed by atoms with Crippen LogP contribution in [0.15, 0.2) is 10.6 Å². The summed E-state index contributed by atoms with van der Waals surface area (Å²) in [5, 5.41) is 16.9. The van der Waals surface area contributed by atoms with Crippen LogP contribution in [0.25, 0.3) is 0 Å². The van der Waals surface area contributed by atoms with Crippen molar-refractivity contribution in [2.24, 2.45) is 0 Å². The second kappa shape index (κ2) is 5.26. The van der Waals surface area contributed by atoms with Crippen LogP contribution in [0.2, 0.25) is 0 Å². The van der Waals surface area contributed by atoms with Crippen molar-refractivity contribution in [3.05, 3.63) is 11.8 Å². The smallest absolute Gasteiger partial charge is 0.314 e. The highest BCUT2D eigenvalue weighted by molar-refractivity contribution is 6.39. The van der Waals surface area contributed by atoms with Crippen LogP contribution < -0.4 is 10.6 Å². The zero-order chi connectivity index (χ0) is 12.1. The van der Waals surface area contributed by atoms with Crippen LogP contribution in [0, 0.1) is 6.92 Å². The normalized spacial score (nSPS) is 11.9. The molecule has 0 aliphatic heterocycles. The van der Waals surface area contributed by atoms with E-state index in [9.17, 15) is 9.59 Å². The first-order chi connectivity index (χ1) is 7.49. The third-order valence-corrected chi connectivity index (χ3v) is 1.63. The van der Waals surface area contributed by atoms with Crippen LogP contribution in [0.4, 0.5) is 5.82 Å². The molecule has 1 rings (SSSR count). The number of aliphatic hydroxyl groups is 1. The topological polar surface area (TPSA) is 104 Å². The molecule has 7 nitrogen and oxygen atoms in total. The Kier molecular flexibility index (Phi) is 4.01. The number of nitrogens with zero attached hydrogens (tertiary/aromatic N) is 1. The monoisotopic (exact) mass is 227 g/mol. The Morgan fingerprint density at radius 3 is 2.75 bits per heavy atom. The number of amides is 2. The van der Waals surface area contributed by atoms with Crippen molar-refractivity contribution in [2.45, 2.75) is 20.0 Å². The van der Waals surface area contributed by atoms with Crippen molar-refractivity contribution in [1.29, 1.82) is 0 Å². The highest BCUT2D eigenvalue weighted by atomic mass is 16.5. The van der Waals surface area contributed by atoms with Crippen LogP contribution >= 0.6 is 0 Å². The Morgan fingerprint density at radius 2 is 2.25 bits per heavy atom. The number of nitrogens with one attached hydrogen (secondary N) is 2. The summed E-state index contributed by atoms with van der Waals surface area (Å²) >= 11 is 0. The summed E-state index contributed by atoms with van der Waals surface area (Å²) in [5.74, 6) is -0.982. The number of hydrogen-bond donors (Lipinski definition) is 3. The lowest BCUT2D eigenvalue weighted by Gasteiger charge is -2.05. The third kappa shape index (κ3) is 3.70. The zero-order valence-corrected chi connectivity index (χ0v) is 8.98. The van der Waals surface area contributed by atoms with Gasteiger partial charge in [-0.1, -0.05) is 5.16 Å². The van der Waals surface area contributed by atoms with E-state index in [2.05, 4.69) is 15.8 Å². The van der Waals surface area contributed by atoms with Crippen molar-refractivity contribution < 1.29 is 19.2 Å². The first kappa shape index (κ1) is 12.2. The van der Waals surface area contributed by atoms with Gasteiger partial charge in [0.25, 0.3) is 0 Å². The fraction of sp³-hybridized carbons (Fsp3) is 0.444. The summed E-state index contributed by atoms with van der Waals surface area (Å²) in [6.45, 7) is 3.18. The number of hydrogen-bond acceptors (Lipinski definition) is 5. The van der Waals surface area contributed by atoms with Crippen LogP contribution in [0.5, 0.6) is 0 Å². The van der Waals surface area contributed by atoms with Gasteiger partial charge in [0.05, 0.1) is 6.10 Å². The predicted octanol–water partition coefficient (Wildman–Crippen LogP) is -0.581. The molecule has 0 spiro atoms. The first-order valence-corrected chi connectivity index (χ1v) is 4.69.